The Morgan fingerprint density at radius 1 is 1.24 bits per heavy atom. The van der Waals surface area contributed by atoms with Crippen LogP contribution >= 0.6 is 0 Å². The smallest absolute Gasteiger partial charge is 0.255 e. The molecule has 1 amide bonds. The molecule has 128 valence electrons. The molecule has 0 spiro atoms. The predicted molar refractivity (Wildman–Crippen MR) is 96.5 cm³/mol. The van der Waals surface area contributed by atoms with Crippen LogP contribution in [-0.2, 0) is 19.9 Å². The van der Waals surface area contributed by atoms with Gasteiger partial charge in [-0.1, -0.05) is 6.07 Å². The third kappa shape index (κ3) is 2.37. The summed E-state index contributed by atoms with van der Waals surface area (Å²) in [4.78, 5) is 15.7. The molecule has 0 bridgehead atoms. The largest absolute Gasteiger partial charge is 0.351 e. The van der Waals surface area contributed by atoms with Crippen molar-refractivity contribution in [2.45, 2.75) is 44.2 Å². The molecule has 2 heterocycles. The average Bonchev–Trinajstić information content (AvgIpc) is 3.22. The number of nitrogens with zero attached hydrogens (tertiary/aromatic N) is 3. The van der Waals surface area contributed by atoms with Gasteiger partial charge in [0.25, 0.3) is 5.91 Å². The van der Waals surface area contributed by atoms with Crippen LogP contribution in [0.4, 0.5) is 0 Å². The number of carbonyl (C=O) groups excluding carboxylic acids is 1. The first-order valence-corrected chi connectivity index (χ1v) is 9.10. The number of hydrogen-bond donors (Lipinski definition) is 1. The number of fused-ring (bicyclic) bond motifs is 2. The van der Waals surface area contributed by atoms with E-state index in [2.05, 4.69) is 31.8 Å². The first-order valence-electron chi connectivity index (χ1n) is 9.10. The minimum absolute atomic E-state index is 0.191. The summed E-state index contributed by atoms with van der Waals surface area (Å²) in [5.74, 6) is 0.191. The van der Waals surface area contributed by atoms with Crippen molar-refractivity contribution in [3.63, 3.8) is 0 Å². The van der Waals surface area contributed by atoms with Gasteiger partial charge in [-0.2, -0.15) is 5.10 Å². The summed E-state index contributed by atoms with van der Waals surface area (Å²) < 4.78 is 2.08. The standard InChI is InChI=1S/C20H22N4O/c1-23-10-9-16-17(3-2-4-19(16)23)20(25)24(14-5-6-14)15-7-8-18-13(11-15)12-21-22-18/h2-4,9-10,12,14-15H,5-8,11H2,1H3,(H,21,22). The third-order valence-corrected chi connectivity index (χ3v) is 5.72. The van der Waals surface area contributed by atoms with Crippen molar-refractivity contribution >= 4 is 16.8 Å². The molecule has 2 aliphatic rings. The summed E-state index contributed by atoms with van der Waals surface area (Å²) in [6.07, 6.45) is 9.12. The zero-order valence-electron chi connectivity index (χ0n) is 14.4. The van der Waals surface area contributed by atoms with E-state index in [0.717, 1.165) is 48.6 Å². The van der Waals surface area contributed by atoms with E-state index < -0.39 is 0 Å². The zero-order chi connectivity index (χ0) is 17.0. The topological polar surface area (TPSA) is 53.9 Å². The number of hydrogen-bond acceptors (Lipinski definition) is 2. The maximum atomic E-state index is 13.5. The van der Waals surface area contributed by atoms with Crippen molar-refractivity contribution in [3.8, 4) is 0 Å². The van der Waals surface area contributed by atoms with Gasteiger partial charge in [0.1, 0.15) is 0 Å². The van der Waals surface area contributed by atoms with Crippen LogP contribution in [0.1, 0.15) is 40.9 Å². The average molecular weight is 334 g/mol. The summed E-state index contributed by atoms with van der Waals surface area (Å²) in [5.41, 5.74) is 4.46. The van der Waals surface area contributed by atoms with Crippen molar-refractivity contribution in [3.05, 3.63) is 53.5 Å². The molecule has 5 nitrogen and oxygen atoms in total. The number of nitrogens with one attached hydrogen (secondary N) is 1. The predicted octanol–water partition coefficient (Wildman–Crippen LogP) is 3.06. The molecule has 1 atom stereocenters. The fourth-order valence-electron chi connectivity index (χ4n) is 4.24. The van der Waals surface area contributed by atoms with Crippen molar-refractivity contribution < 1.29 is 4.79 Å². The number of aromatic amines is 1. The van der Waals surface area contributed by atoms with Gasteiger partial charge in [0.2, 0.25) is 0 Å². The molecule has 2 aliphatic carbocycles. The highest BCUT2D eigenvalue weighted by Gasteiger charge is 2.39. The molecule has 1 fully saturated rings. The van der Waals surface area contributed by atoms with E-state index in [1.54, 1.807) is 0 Å². The van der Waals surface area contributed by atoms with Crippen LogP contribution < -0.4 is 0 Å². The normalized spacial score (nSPS) is 19.8. The summed E-state index contributed by atoms with van der Waals surface area (Å²) >= 11 is 0. The second kappa shape index (κ2) is 5.48. The Hall–Kier alpha value is -2.56. The van der Waals surface area contributed by atoms with E-state index in [4.69, 9.17) is 0 Å². The first kappa shape index (κ1) is 14.8. The molecule has 0 radical (unpaired) electrons. The quantitative estimate of drug-likeness (QED) is 0.800. The minimum atomic E-state index is 0.191. The lowest BCUT2D eigenvalue weighted by atomic mass is 9.91. The number of rotatable bonds is 3. The molecule has 0 aliphatic heterocycles. The minimum Gasteiger partial charge on any atom is -0.351 e. The van der Waals surface area contributed by atoms with Crippen LogP contribution in [0, 0.1) is 0 Å². The molecule has 1 saturated carbocycles. The summed E-state index contributed by atoms with van der Waals surface area (Å²) in [5, 5.41) is 8.32. The number of carbonyl (C=O) groups is 1. The lowest BCUT2D eigenvalue weighted by Gasteiger charge is -2.34. The Balaban J connectivity index is 1.51. The van der Waals surface area contributed by atoms with Crippen molar-refractivity contribution in [2.75, 3.05) is 0 Å². The second-order valence-corrected chi connectivity index (χ2v) is 7.38. The molecule has 25 heavy (non-hydrogen) atoms. The molecule has 5 heteroatoms. The molecule has 0 saturated heterocycles. The fourth-order valence-corrected chi connectivity index (χ4v) is 4.24. The van der Waals surface area contributed by atoms with Crippen LogP contribution in [0.3, 0.4) is 0 Å². The molecule has 1 unspecified atom stereocenters. The summed E-state index contributed by atoms with van der Waals surface area (Å²) in [7, 11) is 2.02. The highest BCUT2D eigenvalue weighted by molar-refractivity contribution is 6.06. The molecule has 2 aromatic heterocycles. The van der Waals surface area contributed by atoms with E-state index >= 15 is 0 Å². The lowest BCUT2D eigenvalue weighted by Crippen LogP contribution is -2.44. The van der Waals surface area contributed by atoms with Gasteiger partial charge in [0.05, 0.1) is 6.20 Å². The van der Waals surface area contributed by atoms with Gasteiger partial charge in [0.15, 0.2) is 0 Å². The Labute approximate surface area is 146 Å². The Kier molecular flexibility index (Phi) is 3.23. The highest BCUT2D eigenvalue weighted by Crippen LogP contribution is 2.35. The van der Waals surface area contributed by atoms with Crippen LogP contribution in [0.15, 0.2) is 36.7 Å². The summed E-state index contributed by atoms with van der Waals surface area (Å²) in [6.45, 7) is 0. The Morgan fingerprint density at radius 2 is 2.12 bits per heavy atom. The van der Waals surface area contributed by atoms with Crippen LogP contribution in [0.5, 0.6) is 0 Å². The zero-order valence-corrected chi connectivity index (χ0v) is 14.4. The van der Waals surface area contributed by atoms with Crippen LogP contribution in [-0.4, -0.2) is 37.7 Å². The third-order valence-electron chi connectivity index (χ3n) is 5.72. The molecule has 1 aromatic carbocycles. The van der Waals surface area contributed by atoms with Gasteiger partial charge < -0.3 is 9.47 Å². The van der Waals surface area contributed by atoms with E-state index in [9.17, 15) is 4.79 Å². The number of H-pyrrole nitrogens is 1. The number of benzene rings is 1. The van der Waals surface area contributed by atoms with Gasteiger partial charge in [-0.25, -0.2) is 0 Å². The molecular weight excluding hydrogens is 312 g/mol. The van der Waals surface area contributed by atoms with Crippen LogP contribution in [0.25, 0.3) is 10.9 Å². The van der Waals surface area contributed by atoms with Gasteiger partial charge >= 0.3 is 0 Å². The van der Waals surface area contributed by atoms with E-state index in [1.165, 1.54) is 11.3 Å². The highest BCUT2D eigenvalue weighted by atomic mass is 16.2. The van der Waals surface area contributed by atoms with Crippen molar-refractivity contribution in [2.24, 2.45) is 7.05 Å². The van der Waals surface area contributed by atoms with Crippen LogP contribution in [0.2, 0.25) is 0 Å². The van der Waals surface area contributed by atoms with E-state index in [-0.39, 0.29) is 11.9 Å². The SMILES string of the molecule is Cn1ccc2c(C(=O)N(C3CC3)C3CCc4[nH]ncc4C3)cccc21. The summed E-state index contributed by atoms with van der Waals surface area (Å²) in [6, 6.07) is 8.80. The lowest BCUT2D eigenvalue weighted by molar-refractivity contribution is 0.0645. The molecule has 3 aromatic rings. The van der Waals surface area contributed by atoms with Gasteiger partial charge in [-0.3, -0.25) is 9.89 Å². The fraction of sp³-hybridized carbons (Fsp3) is 0.400. The Bertz CT molecular complexity index is 950. The second-order valence-electron chi connectivity index (χ2n) is 7.38. The number of aromatic nitrogens is 3. The number of aryl methyl sites for hydroxylation is 2. The van der Waals surface area contributed by atoms with Gasteiger partial charge in [-0.05, 0) is 55.9 Å². The van der Waals surface area contributed by atoms with E-state index in [0.29, 0.717) is 6.04 Å². The molecular formula is C20H22N4O. The maximum Gasteiger partial charge on any atom is 0.255 e. The first-order chi connectivity index (χ1) is 12.2. The monoisotopic (exact) mass is 334 g/mol. The Morgan fingerprint density at radius 3 is 2.96 bits per heavy atom. The number of amides is 1. The maximum absolute atomic E-state index is 13.5. The van der Waals surface area contributed by atoms with Gasteiger partial charge in [-0.15, -0.1) is 0 Å². The van der Waals surface area contributed by atoms with Gasteiger partial charge in [0, 0.05) is 47.5 Å². The van der Waals surface area contributed by atoms with Crippen molar-refractivity contribution in [1.82, 2.24) is 19.7 Å². The molecule has 5 rings (SSSR count). The van der Waals surface area contributed by atoms with Crippen molar-refractivity contribution in [1.29, 1.82) is 0 Å². The molecule has 1 N–H and O–H groups in total. The van der Waals surface area contributed by atoms with E-state index in [1.807, 2.05) is 31.6 Å².